The van der Waals surface area contributed by atoms with Gasteiger partial charge in [-0.2, -0.15) is 0 Å². The van der Waals surface area contributed by atoms with Gasteiger partial charge >= 0.3 is 0 Å². The van der Waals surface area contributed by atoms with Crippen LogP contribution in [0.25, 0.3) is 0 Å². The molecule has 0 saturated heterocycles. The van der Waals surface area contributed by atoms with Crippen molar-refractivity contribution in [3.63, 3.8) is 0 Å². The summed E-state index contributed by atoms with van der Waals surface area (Å²) in [5.41, 5.74) is 6.13. The summed E-state index contributed by atoms with van der Waals surface area (Å²) < 4.78 is 18.4. The zero-order valence-corrected chi connectivity index (χ0v) is 9.10. The van der Waals surface area contributed by atoms with E-state index < -0.39 is 0 Å². The van der Waals surface area contributed by atoms with Crippen LogP contribution in [0.1, 0.15) is 19.4 Å². The van der Waals surface area contributed by atoms with Gasteiger partial charge in [0.25, 0.3) is 0 Å². The summed E-state index contributed by atoms with van der Waals surface area (Å²) in [5, 5.41) is 0. The normalized spacial score (nSPS) is 9.79. The van der Waals surface area contributed by atoms with E-state index in [1.807, 2.05) is 13.8 Å². The van der Waals surface area contributed by atoms with E-state index in [-0.39, 0.29) is 30.1 Å². The fourth-order valence-corrected chi connectivity index (χ4v) is 1.02. The van der Waals surface area contributed by atoms with E-state index in [0.29, 0.717) is 6.54 Å². The number of ether oxygens (including phenoxy) is 1. The molecule has 80 valence electrons. The lowest BCUT2D eigenvalue weighted by molar-refractivity contribution is 0.231. The highest BCUT2D eigenvalue weighted by molar-refractivity contribution is 5.85. The second-order valence-corrected chi connectivity index (χ2v) is 3.14. The summed E-state index contributed by atoms with van der Waals surface area (Å²) in [7, 11) is 0. The molecule has 4 heteroatoms. The molecule has 0 amide bonds. The second-order valence-electron chi connectivity index (χ2n) is 3.14. The van der Waals surface area contributed by atoms with E-state index in [1.54, 1.807) is 12.1 Å². The first-order chi connectivity index (χ1) is 6.13. The Hall–Kier alpha value is -0.800. The fourth-order valence-electron chi connectivity index (χ4n) is 1.02. The van der Waals surface area contributed by atoms with Crippen LogP contribution in [0.2, 0.25) is 0 Å². The Balaban J connectivity index is 0.00000169. The first kappa shape index (κ1) is 13.2. The first-order valence-electron chi connectivity index (χ1n) is 4.28. The SMILES string of the molecule is CC(C)Oc1ccc(CN)cc1F.Cl. The molecule has 0 saturated carbocycles. The lowest BCUT2D eigenvalue weighted by atomic mass is 10.2. The Morgan fingerprint density at radius 3 is 2.50 bits per heavy atom. The molecule has 0 unspecified atom stereocenters. The van der Waals surface area contributed by atoms with Gasteiger partial charge in [-0.1, -0.05) is 6.07 Å². The summed E-state index contributed by atoms with van der Waals surface area (Å²) in [6.45, 7) is 4.06. The molecule has 2 nitrogen and oxygen atoms in total. The second kappa shape index (κ2) is 5.83. The highest BCUT2D eigenvalue weighted by atomic mass is 35.5. The van der Waals surface area contributed by atoms with Crippen LogP contribution in [0.15, 0.2) is 18.2 Å². The van der Waals surface area contributed by atoms with Crippen LogP contribution in [0.5, 0.6) is 5.75 Å². The number of nitrogens with two attached hydrogens (primary N) is 1. The van der Waals surface area contributed by atoms with Gasteiger partial charge in [-0.3, -0.25) is 0 Å². The molecule has 0 spiro atoms. The maximum Gasteiger partial charge on any atom is 0.165 e. The number of halogens is 2. The topological polar surface area (TPSA) is 35.2 Å². The van der Waals surface area contributed by atoms with Gasteiger partial charge in [0.05, 0.1) is 6.10 Å². The zero-order chi connectivity index (χ0) is 9.84. The van der Waals surface area contributed by atoms with E-state index in [2.05, 4.69) is 0 Å². The van der Waals surface area contributed by atoms with Crippen molar-refractivity contribution in [2.45, 2.75) is 26.5 Å². The van der Waals surface area contributed by atoms with Gasteiger partial charge in [-0.05, 0) is 31.5 Å². The standard InChI is InChI=1S/C10H14FNO.ClH/c1-7(2)13-10-4-3-8(6-12)5-9(10)11;/h3-5,7H,6,12H2,1-2H3;1H. The number of rotatable bonds is 3. The Kier molecular flexibility index (Phi) is 5.50. The van der Waals surface area contributed by atoms with Crippen molar-refractivity contribution >= 4 is 12.4 Å². The molecule has 14 heavy (non-hydrogen) atoms. The van der Waals surface area contributed by atoms with Crippen molar-refractivity contribution in [2.75, 3.05) is 0 Å². The molecule has 1 rings (SSSR count). The number of hydrogen-bond acceptors (Lipinski definition) is 2. The predicted molar refractivity (Wildman–Crippen MR) is 57.3 cm³/mol. The van der Waals surface area contributed by atoms with Crippen molar-refractivity contribution in [1.29, 1.82) is 0 Å². The Bertz CT molecular complexity index is 291. The minimum absolute atomic E-state index is 0. The molecule has 2 N–H and O–H groups in total. The van der Waals surface area contributed by atoms with Gasteiger partial charge in [0, 0.05) is 6.54 Å². The van der Waals surface area contributed by atoms with Crippen molar-refractivity contribution in [2.24, 2.45) is 5.73 Å². The van der Waals surface area contributed by atoms with Crippen molar-refractivity contribution < 1.29 is 9.13 Å². The average molecular weight is 220 g/mol. The maximum absolute atomic E-state index is 13.2. The molecule has 1 aromatic carbocycles. The third-order valence-corrected chi connectivity index (χ3v) is 1.59. The molecular formula is C10H15ClFNO. The van der Waals surface area contributed by atoms with Crippen LogP contribution >= 0.6 is 12.4 Å². The molecule has 0 heterocycles. The molecule has 0 aliphatic carbocycles. The predicted octanol–water partition coefficient (Wildman–Crippen LogP) is 2.49. The van der Waals surface area contributed by atoms with Crippen LogP contribution < -0.4 is 10.5 Å². The monoisotopic (exact) mass is 219 g/mol. The van der Waals surface area contributed by atoms with Crippen LogP contribution in [-0.4, -0.2) is 6.10 Å². The number of hydrogen-bond donors (Lipinski definition) is 1. The number of benzene rings is 1. The third kappa shape index (κ3) is 3.52. The minimum atomic E-state index is -0.350. The lowest BCUT2D eigenvalue weighted by Gasteiger charge is -2.10. The molecule has 0 aliphatic rings. The Labute approximate surface area is 89.7 Å². The Morgan fingerprint density at radius 2 is 2.07 bits per heavy atom. The van der Waals surface area contributed by atoms with E-state index in [9.17, 15) is 4.39 Å². The van der Waals surface area contributed by atoms with E-state index in [0.717, 1.165) is 5.56 Å². The summed E-state index contributed by atoms with van der Waals surface area (Å²) in [6, 6.07) is 4.77. The van der Waals surface area contributed by atoms with Crippen molar-refractivity contribution in [3.8, 4) is 5.75 Å². The highest BCUT2D eigenvalue weighted by Gasteiger charge is 2.05. The maximum atomic E-state index is 13.2. The van der Waals surface area contributed by atoms with Crippen molar-refractivity contribution in [3.05, 3.63) is 29.6 Å². The highest BCUT2D eigenvalue weighted by Crippen LogP contribution is 2.19. The van der Waals surface area contributed by atoms with Crippen molar-refractivity contribution in [1.82, 2.24) is 0 Å². The Morgan fingerprint density at radius 1 is 1.43 bits per heavy atom. The summed E-state index contributed by atoms with van der Waals surface area (Å²) in [4.78, 5) is 0. The smallest absolute Gasteiger partial charge is 0.165 e. The molecule has 0 atom stereocenters. The summed E-state index contributed by atoms with van der Waals surface area (Å²) in [5.74, 6) is -0.0659. The fraction of sp³-hybridized carbons (Fsp3) is 0.400. The van der Waals surface area contributed by atoms with Crippen LogP contribution in [0, 0.1) is 5.82 Å². The van der Waals surface area contributed by atoms with Gasteiger partial charge in [0.15, 0.2) is 11.6 Å². The van der Waals surface area contributed by atoms with Gasteiger partial charge < -0.3 is 10.5 Å². The first-order valence-corrected chi connectivity index (χ1v) is 4.28. The van der Waals surface area contributed by atoms with Crippen LogP contribution in [-0.2, 0) is 6.54 Å². The molecular weight excluding hydrogens is 205 g/mol. The lowest BCUT2D eigenvalue weighted by Crippen LogP contribution is -2.07. The van der Waals surface area contributed by atoms with E-state index in [1.165, 1.54) is 6.07 Å². The van der Waals surface area contributed by atoms with Gasteiger partial charge in [0.2, 0.25) is 0 Å². The van der Waals surface area contributed by atoms with E-state index >= 15 is 0 Å². The average Bonchev–Trinajstić information content (AvgIpc) is 2.08. The van der Waals surface area contributed by atoms with Crippen LogP contribution in [0.4, 0.5) is 4.39 Å². The molecule has 1 aromatic rings. The quantitative estimate of drug-likeness (QED) is 0.848. The summed E-state index contributed by atoms with van der Waals surface area (Å²) in [6.07, 6.45) is -0.0155. The molecule has 0 fully saturated rings. The minimum Gasteiger partial charge on any atom is -0.488 e. The summed E-state index contributed by atoms with van der Waals surface area (Å²) >= 11 is 0. The largest absolute Gasteiger partial charge is 0.488 e. The molecule has 0 bridgehead atoms. The molecule has 0 radical (unpaired) electrons. The molecule has 0 aliphatic heterocycles. The third-order valence-electron chi connectivity index (χ3n) is 1.59. The zero-order valence-electron chi connectivity index (χ0n) is 8.29. The van der Waals surface area contributed by atoms with Gasteiger partial charge in [-0.15, -0.1) is 12.4 Å². The van der Waals surface area contributed by atoms with E-state index in [4.69, 9.17) is 10.5 Å². The van der Waals surface area contributed by atoms with Crippen LogP contribution in [0.3, 0.4) is 0 Å². The van der Waals surface area contributed by atoms with Gasteiger partial charge in [-0.25, -0.2) is 4.39 Å². The molecule has 0 aromatic heterocycles. The van der Waals surface area contributed by atoms with Gasteiger partial charge in [0.1, 0.15) is 0 Å².